The summed E-state index contributed by atoms with van der Waals surface area (Å²) in [5.41, 5.74) is 2.30. The number of nitrogens with one attached hydrogen (secondary N) is 1. The van der Waals surface area contributed by atoms with Gasteiger partial charge >= 0.3 is 0 Å². The van der Waals surface area contributed by atoms with Crippen molar-refractivity contribution in [2.24, 2.45) is 0 Å². The van der Waals surface area contributed by atoms with E-state index in [0.29, 0.717) is 43.1 Å². The number of anilines is 2. The Bertz CT molecular complexity index is 983. The third-order valence-corrected chi connectivity index (χ3v) is 5.58. The van der Waals surface area contributed by atoms with Gasteiger partial charge in [0.05, 0.1) is 11.6 Å². The van der Waals surface area contributed by atoms with Crippen LogP contribution in [0.2, 0.25) is 0 Å². The average Bonchev–Trinajstić information content (AvgIpc) is 2.72. The number of rotatable bonds is 3. The highest BCUT2D eigenvalue weighted by Gasteiger charge is 2.34. The fourth-order valence-corrected chi connectivity index (χ4v) is 4.00. The molecule has 2 aliphatic heterocycles. The van der Waals surface area contributed by atoms with Crippen molar-refractivity contribution in [3.63, 3.8) is 0 Å². The molecule has 29 heavy (non-hydrogen) atoms. The number of hydrogen-bond donors (Lipinski definition) is 1. The van der Waals surface area contributed by atoms with Crippen LogP contribution in [0.5, 0.6) is 0 Å². The Morgan fingerprint density at radius 1 is 1.07 bits per heavy atom. The Morgan fingerprint density at radius 3 is 2.48 bits per heavy atom. The van der Waals surface area contributed by atoms with Crippen molar-refractivity contribution in [1.82, 2.24) is 4.90 Å². The van der Waals surface area contributed by atoms with E-state index >= 15 is 0 Å². The number of carbonyl (C=O) groups excluding carboxylic acids is 3. The first-order chi connectivity index (χ1) is 13.9. The van der Waals surface area contributed by atoms with Crippen molar-refractivity contribution in [3.8, 4) is 0 Å². The van der Waals surface area contributed by atoms with E-state index in [9.17, 15) is 18.8 Å². The maximum Gasteiger partial charge on any atom is 0.230 e. The van der Waals surface area contributed by atoms with E-state index in [0.717, 1.165) is 5.56 Å². The number of para-hydroxylation sites is 1. The van der Waals surface area contributed by atoms with Gasteiger partial charge in [-0.05, 0) is 36.8 Å². The summed E-state index contributed by atoms with van der Waals surface area (Å²) >= 11 is 0. The number of halogens is 1. The van der Waals surface area contributed by atoms with Crippen molar-refractivity contribution in [3.05, 3.63) is 59.4 Å². The zero-order valence-corrected chi connectivity index (χ0v) is 16.2. The first-order valence-corrected chi connectivity index (χ1v) is 9.67. The van der Waals surface area contributed by atoms with E-state index in [1.807, 2.05) is 23.1 Å². The molecule has 0 aliphatic carbocycles. The number of amides is 2. The van der Waals surface area contributed by atoms with Crippen LogP contribution in [0, 0.1) is 5.82 Å². The highest BCUT2D eigenvalue weighted by molar-refractivity contribution is 6.01. The molecule has 2 aromatic carbocycles. The standard InChI is InChI=1S/C22H22FN3O3/c1-14(27)15-6-7-20(18(23)12-15)25-8-10-26(11-9-25)22(29)17-13-21(28)24-19-5-3-2-4-16(17)19/h2-7,12,17H,8-11,13H2,1H3,(H,24,28)/t17-/m1/s1. The Kier molecular flexibility index (Phi) is 5.05. The van der Waals surface area contributed by atoms with Gasteiger partial charge in [-0.1, -0.05) is 18.2 Å². The van der Waals surface area contributed by atoms with Crippen molar-refractivity contribution in [2.45, 2.75) is 19.3 Å². The zero-order chi connectivity index (χ0) is 20.5. The molecule has 1 atom stereocenters. The number of fused-ring (bicyclic) bond motifs is 1. The van der Waals surface area contributed by atoms with Crippen molar-refractivity contribution in [1.29, 1.82) is 0 Å². The summed E-state index contributed by atoms with van der Waals surface area (Å²) in [6.45, 7) is 3.29. The number of hydrogen-bond acceptors (Lipinski definition) is 4. The van der Waals surface area contributed by atoms with Crippen molar-refractivity contribution < 1.29 is 18.8 Å². The number of ketones is 1. The monoisotopic (exact) mass is 395 g/mol. The van der Waals surface area contributed by atoms with Crippen molar-refractivity contribution >= 4 is 29.0 Å². The van der Waals surface area contributed by atoms with Crippen LogP contribution in [0.1, 0.15) is 35.2 Å². The number of nitrogens with zero attached hydrogens (tertiary/aromatic N) is 2. The van der Waals surface area contributed by atoms with E-state index < -0.39 is 11.7 Å². The van der Waals surface area contributed by atoms with E-state index in [1.54, 1.807) is 23.1 Å². The van der Waals surface area contributed by atoms with Gasteiger partial charge in [0, 0.05) is 43.9 Å². The molecule has 1 fully saturated rings. The molecule has 7 heteroatoms. The van der Waals surface area contributed by atoms with Gasteiger partial charge in [0.15, 0.2) is 5.78 Å². The summed E-state index contributed by atoms with van der Waals surface area (Å²) in [5.74, 6) is -1.33. The Hall–Kier alpha value is -3.22. The maximum atomic E-state index is 14.4. The normalized spacial score (nSPS) is 18.8. The minimum absolute atomic E-state index is 0.0700. The molecule has 1 N–H and O–H groups in total. The minimum Gasteiger partial charge on any atom is -0.366 e. The lowest BCUT2D eigenvalue weighted by Gasteiger charge is -2.38. The lowest BCUT2D eigenvalue weighted by Crippen LogP contribution is -2.51. The second kappa shape index (κ2) is 7.66. The molecular weight excluding hydrogens is 373 g/mol. The summed E-state index contributed by atoms with van der Waals surface area (Å²) in [6, 6.07) is 11.9. The van der Waals surface area contributed by atoms with Crippen LogP contribution in [-0.4, -0.2) is 48.7 Å². The molecule has 0 saturated carbocycles. The molecular formula is C22H22FN3O3. The smallest absolute Gasteiger partial charge is 0.230 e. The highest BCUT2D eigenvalue weighted by Crippen LogP contribution is 2.33. The van der Waals surface area contributed by atoms with E-state index in [2.05, 4.69) is 5.32 Å². The Balaban J connectivity index is 1.46. The lowest BCUT2D eigenvalue weighted by molar-refractivity contribution is -0.135. The van der Waals surface area contributed by atoms with Crippen LogP contribution in [-0.2, 0) is 9.59 Å². The summed E-state index contributed by atoms with van der Waals surface area (Å²) in [6.07, 6.45) is 0.136. The van der Waals surface area contributed by atoms with Gasteiger partial charge in [-0.2, -0.15) is 0 Å². The fourth-order valence-electron chi connectivity index (χ4n) is 4.00. The van der Waals surface area contributed by atoms with Crippen LogP contribution < -0.4 is 10.2 Å². The molecule has 1 saturated heterocycles. The molecule has 2 amide bonds. The first kappa shape index (κ1) is 19.1. The predicted molar refractivity (Wildman–Crippen MR) is 108 cm³/mol. The van der Waals surface area contributed by atoms with Crippen molar-refractivity contribution in [2.75, 3.05) is 36.4 Å². The molecule has 0 spiro atoms. The maximum absolute atomic E-state index is 14.4. The highest BCUT2D eigenvalue weighted by atomic mass is 19.1. The second-order valence-corrected chi connectivity index (χ2v) is 7.43. The van der Waals surface area contributed by atoms with E-state index in [1.165, 1.54) is 13.0 Å². The Labute approximate surface area is 168 Å². The van der Waals surface area contributed by atoms with Gasteiger partial charge in [0.2, 0.25) is 11.8 Å². The van der Waals surface area contributed by atoms with Gasteiger partial charge in [-0.15, -0.1) is 0 Å². The summed E-state index contributed by atoms with van der Waals surface area (Å²) in [5, 5.41) is 2.81. The molecule has 0 aromatic heterocycles. The fraction of sp³-hybridized carbons (Fsp3) is 0.318. The van der Waals surface area contributed by atoms with E-state index in [4.69, 9.17) is 0 Å². The van der Waals surface area contributed by atoms with Crippen LogP contribution in [0.15, 0.2) is 42.5 Å². The SMILES string of the molecule is CC(=O)c1ccc(N2CCN(C(=O)[C@@H]3CC(=O)Nc4ccccc43)CC2)c(F)c1. The van der Waals surface area contributed by atoms with Gasteiger partial charge in [0.25, 0.3) is 0 Å². The number of Topliss-reactive ketones (excluding diaryl/α,β-unsaturated/α-hetero) is 1. The number of benzene rings is 2. The largest absolute Gasteiger partial charge is 0.366 e. The molecule has 6 nitrogen and oxygen atoms in total. The van der Waals surface area contributed by atoms with Gasteiger partial charge in [-0.3, -0.25) is 14.4 Å². The van der Waals surface area contributed by atoms with Crippen LogP contribution in [0.3, 0.4) is 0 Å². The number of carbonyl (C=O) groups is 3. The lowest BCUT2D eigenvalue weighted by atomic mass is 9.89. The summed E-state index contributed by atoms with van der Waals surface area (Å²) < 4.78 is 14.4. The third-order valence-electron chi connectivity index (χ3n) is 5.58. The minimum atomic E-state index is -0.488. The van der Waals surface area contributed by atoms with Gasteiger partial charge in [-0.25, -0.2) is 4.39 Å². The second-order valence-electron chi connectivity index (χ2n) is 7.43. The van der Waals surface area contributed by atoms with Crippen LogP contribution >= 0.6 is 0 Å². The summed E-state index contributed by atoms with van der Waals surface area (Å²) in [7, 11) is 0. The molecule has 2 aliphatic rings. The summed E-state index contributed by atoms with van der Waals surface area (Å²) in [4.78, 5) is 40.2. The topological polar surface area (TPSA) is 69.7 Å². The molecule has 0 unspecified atom stereocenters. The van der Waals surface area contributed by atoms with Gasteiger partial charge in [0.1, 0.15) is 5.82 Å². The molecule has 0 radical (unpaired) electrons. The molecule has 2 aromatic rings. The van der Waals surface area contributed by atoms with E-state index in [-0.39, 0.29) is 24.0 Å². The van der Waals surface area contributed by atoms with Crippen LogP contribution in [0.25, 0.3) is 0 Å². The van der Waals surface area contributed by atoms with Crippen LogP contribution in [0.4, 0.5) is 15.8 Å². The zero-order valence-electron chi connectivity index (χ0n) is 16.2. The third kappa shape index (κ3) is 3.72. The molecule has 4 rings (SSSR count). The average molecular weight is 395 g/mol. The number of piperazine rings is 1. The predicted octanol–water partition coefficient (Wildman–Crippen LogP) is 2.80. The quantitative estimate of drug-likeness (QED) is 0.812. The Morgan fingerprint density at radius 2 is 1.79 bits per heavy atom. The molecule has 150 valence electrons. The molecule has 0 bridgehead atoms. The first-order valence-electron chi connectivity index (χ1n) is 9.67. The van der Waals surface area contributed by atoms with Gasteiger partial charge < -0.3 is 15.1 Å². The molecule has 2 heterocycles.